The van der Waals surface area contributed by atoms with Crippen molar-refractivity contribution in [2.75, 3.05) is 23.4 Å². The average molecular weight is 538 g/mol. The van der Waals surface area contributed by atoms with E-state index in [9.17, 15) is 23.6 Å². The van der Waals surface area contributed by atoms with Crippen LogP contribution in [0, 0.1) is 5.82 Å². The second kappa shape index (κ2) is 11.6. The van der Waals surface area contributed by atoms with Gasteiger partial charge in [-0.3, -0.25) is 19.7 Å². The van der Waals surface area contributed by atoms with E-state index in [1.807, 2.05) is 6.92 Å². The zero-order valence-electron chi connectivity index (χ0n) is 20.0. The Labute approximate surface area is 221 Å². The first-order chi connectivity index (χ1) is 18.3. The molecule has 0 aliphatic carbocycles. The van der Waals surface area contributed by atoms with Gasteiger partial charge in [-0.25, -0.2) is 14.1 Å². The van der Waals surface area contributed by atoms with Gasteiger partial charge in [0.15, 0.2) is 6.61 Å². The van der Waals surface area contributed by atoms with Crippen molar-refractivity contribution in [3.63, 3.8) is 0 Å². The van der Waals surface area contributed by atoms with Gasteiger partial charge in [-0.1, -0.05) is 29.8 Å². The minimum Gasteiger partial charge on any atom is -0.494 e. The van der Waals surface area contributed by atoms with Gasteiger partial charge in [0.2, 0.25) is 0 Å². The van der Waals surface area contributed by atoms with Crippen molar-refractivity contribution < 1.29 is 33.0 Å². The minimum absolute atomic E-state index is 0.0161. The van der Waals surface area contributed by atoms with Crippen molar-refractivity contribution in [2.45, 2.75) is 6.92 Å². The molecule has 0 bridgehead atoms. The van der Waals surface area contributed by atoms with Crippen molar-refractivity contribution in [3.8, 4) is 11.5 Å². The summed E-state index contributed by atoms with van der Waals surface area (Å²) in [6, 6.07) is 15.5. The highest BCUT2D eigenvalue weighted by Crippen LogP contribution is 2.28. The van der Waals surface area contributed by atoms with Crippen LogP contribution in [-0.4, -0.2) is 37.0 Å². The lowest BCUT2D eigenvalue weighted by molar-refractivity contribution is -0.122. The molecule has 9 nitrogen and oxygen atoms in total. The molecule has 1 saturated heterocycles. The number of hydrogen-bond donors (Lipinski definition) is 2. The largest absolute Gasteiger partial charge is 0.494 e. The standard InChI is InChI=1S/C27H21ClFN3O6/c1-2-37-18-10-8-17(9-11-18)32-26(35)19(25(34)31-27(32)36)13-16-7-12-23(20(28)14-16)38-15-24(33)30-22-6-4-3-5-21(22)29/h3-14H,2,15H2,1H3,(H,30,33)(H,31,34,36)/b19-13+. The van der Waals surface area contributed by atoms with Crippen molar-refractivity contribution in [1.82, 2.24) is 5.32 Å². The summed E-state index contributed by atoms with van der Waals surface area (Å²) in [5.74, 6) is -2.13. The maximum Gasteiger partial charge on any atom is 0.335 e. The summed E-state index contributed by atoms with van der Waals surface area (Å²) in [5.41, 5.74) is 0.359. The third kappa shape index (κ3) is 5.98. The molecule has 0 saturated carbocycles. The molecule has 4 rings (SSSR count). The molecule has 0 radical (unpaired) electrons. The van der Waals surface area contributed by atoms with Crippen LogP contribution in [0.15, 0.2) is 72.3 Å². The van der Waals surface area contributed by atoms with Gasteiger partial charge in [-0.15, -0.1) is 0 Å². The second-order valence-electron chi connectivity index (χ2n) is 7.89. The van der Waals surface area contributed by atoms with Crippen LogP contribution in [0.3, 0.4) is 0 Å². The molecule has 11 heteroatoms. The maximum absolute atomic E-state index is 13.7. The van der Waals surface area contributed by atoms with Gasteiger partial charge in [0.25, 0.3) is 17.7 Å². The predicted octanol–water partition coefficient (Wildman–Crippen LogP) is 4.56. The predicted molar refractivity (Wildman–Crippen MR) is 139 cm³/mol. The van der Waals surface area contributed by atoms with Crippen LogP contribution in [0.25, 0.3) is 6.08 Å². The fourth-order valence-corrected chi connectivity index (χ4v) is 3.78. The maximum atomic E-state index is 13.7. The van der Waals surface area contributed by atoms with Gasteiger partial charge in [-0.05, 0) is 67.1 Å². The monoisotopic (exact) mass is 537 g/mol. The van der Waals surface area contributed by atoms with Crippen LogP contribution >= 0.6 is 11.6 Å². The summed E-state index contributed by atoms with van der Waals surface area (Å²) in [5, 5.41) is 4.64. The number of nitrogens with zero attached hydrogens (tertiary/aromatic N) is 1. The van der Waals surface area contributed by atoms with Gasteiger partial charge in [0.1, 0.15) is 22.9 Å². The Kier molecular flexibility index (Phi) is 8.03. The number of imide groups is 2. The fraction of sp³-hybridized carbons (Fsp3) is 0.111. The average Bonchev–Trinajstić information content (AvgIpc) is 2.88. The summed E-state index contributed by atoms with van der Waals surface area (Å²) in [6.07, 6.45) is 1.28. The van der Waals surface area contributed by atoms with E-state index in [4.69, 9.17) is 21.1 Å². The lowest BCUT2D eigenvalue weighted by Gasteiger charge is -2.26. The van der Waals surface area contributed by atoms with Crippen LogP contribution in [0.1, 0.15) is 12.5 Å². The molecule has 1 heterocycles. The van der Waals surface area contributed by atoms with Gasteiger partial charge in [-0.2, -0.15) is 0 Å². The summed E-state index contributed by atoms with van der Waals surface area (Å²) in [4.78, 5) is 50.9. The first-order valence-electron chi connectivity index (χ1n) is 11.4. The number of amides is 5. The molecule has 5 amide bonds. The zero-order chi connectivity index (χ0) is 27.2. The van der Waals surface area contributed by atoms with Gasteiger partial charge in [0, 0.05) is 0 Å². The smallest absolute Gasteiger partial charge is 0.335 e. The summed E-state index contributed by atoms with van der Waals surface area (Å²) in [6.45, 7) is 1.85. The summed E-state index contributed by atoms with van der Waals surface area (Å²) < 4.78 is 24.5. The van der Waals surface area contributed by atoms with Crippen LogP contribution in [0.2, 0.25) is 5.02 Å². The molecule has 2 N–H and O–H groups in total. The van der Waals surface area contributed by atoms with Gasteiger partial charge < -0.3 is 14.8 Å². The number of nitrogens with one attached hydrogen (secondary N) is 2. The lowest BCUT2D eigenvalue weighted by atomic mass is 10.1. The fourth-order valence-electron chi connectivity index (χ4n) is 3.53. The Morgan fingerprint density at radius 2 is 1.79 bits per heavy atom. The molecule has 38 heavy (non-hydrogen) atoms. The number of urea groups is 1. The molecule has 0 spiro atoms. The van der Waals surface area contributed by atoms with Crippen molar-refractivity contribution in [2.24, 2.45) is 0 Å². The van der Waals surface area contributed by atoms with E-state index < -0.39 is 36.2 Å². The summed E-state index contributed by atoms with van der Waals surface area (Å²) >= 11 is 6.27. The quantitative estimate of drug-likeness (QED) is 0.321. The highest BCUT2D eigenvalue weighted by atomic mass is 35.5. The first kappa shape index (κ1) is 26.4. The van der Waals surface area contributed by atoms with Gasteiger partial charge in [0.05, 0.1) is 23.0 Å². The third-order valence-electron chi connectivity index (χ3n) is 5.28. The third-order valence-corrected chi connectivity index (χ3v) is 5.58. The molecule has 194 valence electrons. The summed E-state index contributed by atoms with van der Waals surface area (Å²) in [7, 11) is 0. The number of rotatable bonds is 8. The van der Waals surface area contributed by atoms with E-state index in [1.165, 1.54) is 54.6 Å². The second-order valence-corrected chi connectivity index (χ2v) is 8.30. The van der Waals surface area contributed by atoms with E-state index in [1.54, 1.807) is 18.2 Å². The number of barbiturate groups is 1. The number of halogens is 2. The van der Waals surface area contributed by atoms with E-state index in [2.05, 4.69) is 10.6 Å². The van der Waals surface area contributed by atoms with Crippen LogP contribution < -0.4 is 25.0 Å². The number of benzene rings is 3. The Morgan fingerprint density at radius 3 is 2.47 bits per heavy atom. The van der Waals surface area contributed by atoms with Crippen molar-refractivity contribution in [1.29, 1.82) is 0 Å². The Balaban J connectivity index is 1.47. The van der Waals surface area contributed by atoms with Crippen molar-refractivity contribution >= 4 is 52.8 Å². The number of hydrogen-bond acceptors (Lipinski definition) is 6. The van der Waals surface area contributed by atoms with Crippen LogP contribution in [0.5, 0.6) is 11.5 Å². The van der Waals surface area contributed by atoms with Crippen molar-refractivity contribution in [3.05, 3.63) is 88.7 Å². The number of ether oxygens (including phenoxy) is 2. The molecular formula is C27H21ClFN3O6. The topological polar surface area (TPSA) is 114 Å². The Morgan fingerprint density at radius 1 is 1.05 bits per heavy atom. The van der Waals surface area contributed by atoms with E-state index >= 15 is 0 Å². The molecular weight excluding hydrogens is 517 g/mol. The first-order valence-corrected chi connectivity index (χ1v) is 11.8. The van der Waals surface area contributed by atoms with E-state index in [0.29, 0.717) is 17.9 Å². The molecule has 3 aromatic rings. The Bertz CT molecular complexity index is 1440. The minimum atomic E-state index is -0.878. The lowest BCUT2D eigenvalue weighted by Crippen LogP contribution is -2.54. The molecule has 3 aromatic carbocycles. The molecule has 1 aliphatic rings. The highest BCUT2D eigenvalue weighted by molar-refractivity contribution is 6.39. The molecule has 0 unspecified atom stereocenters. The highest BCUT2D eigenvalue weighted by Gasteiger charge is 2.36. The zero-order valence-corrected chi connectivity index (χ0v) is 20.8. The SMILES string of the molecule is CCOc1ccc(N2C(=O)NC(=O)/C(=C\c3ccc(OCC(=O)Nc4ccccc4F)c(Cl)c3)C2=O)cc1. The molecule has 0 atom stereocenters. The Hall–Kier alpha value is -4.70. The van der Waals surface area contributed by atoms with Gasteiger partial charge >= 0.3 is 6.03 Å². The van der Waals surface area contributed by atoms with E-state index in [0.717, 1.165) is 4.90 Å². The number of carbonyl (C=O) groups excluding carboxylic acids is 4. The molecule has 1 aliphatic heterocycles. The molecule has 1 fully saturated rings. The normalized spacial score (nSPS) is 14.3. The van der Waals surface area contributed by atoms with E-state index in [-0.39, 0.29) is 27.7 Å². The number of anilines is 2. The molecule has 0 aromatic heterocycles. The van der Waals surface area contributed by atoms with Crippen LogP contribution in [0.4, 0.5) is 20.6 Å². The number of carbonyl (C=O) groups is 4. The van der Waals surface area contributed by atoms with Crippen LogP contribution in [-0.2, 0) is 14.4 Å². The number of para-hydroxylation sites is 1.